The Morgan fingerprint density at radius 1 is 1.31 bits per heavy atom. The van der Waals surface area contributed by atoms with Gasteiger partial charge in [0.25, 0.3) is 5.91 Å². The summed E-state index contributed by atoms with van der Waals surface area (Å²) in [5, 5.41) is 8.20. The number of fused-ring (bicyclic) bond motifs is 1. The van der Waals surface area contributed by atoms with E-state index in [-0.39, 0.29) is 24.2 Å². The van der Waals surface area contributed by atoms with Crippen LogP contribution in [0.25, 0.3) is 10.9 Å². The number of benzene rings is 1. The molecule has 0 aliphatic rings. The highest BCUT2D eigenvalue weighted by Gasteiger charge is 2.18. The predicted molar refractivity (Wildman–Crippen MR) is 106 cm³/mol. The summed E-state index contributed by atoms with van der Waals surface area (Å²) in [7, 11) is 1.85. The van der Waals surface area contributed by atoms with Gasteiger partial charge in [-0.2, -0.15) is 5.10 Å². The standard InChI is InChI=1S/C21H21N5O3/c1-13(16-10-26(3)25-14(16)2)23-21(27)17-11-29-19(24-17)12-28-18-8-4-6-15-7-5-9-22-20(15)18/h4-11,13H,12H2,1-3H3,(H,23,27). The molecule has 4 rings (SSSR count). The molecule has 8 nitrogen and oxygen atoms in total. The molecule has 4 aromatic rings. The average molecular weight is 391 g/mol. The first-order valence-electron chi connectivity index (χ1n) is 9.23. The summed E-state index contributed by atoms with van der Waals surface area (Å²) in [6, 6.07) is 9.34. The Balaban J connectivity index is 1.41. The number of aryl methyl sites for hydroxylation is 2. The normalized spacial score (nSPS) is 12.1. The van der Waals surface area contributed by atoms with Gasteiger partial charge in [0.1, 0.15) is 17.5 Å². The first-order chi connectivity index (χ1) is 14.0. The van der Waals surface area contributed by atoms with E-state index in [0.29, 0.717) is 11.6 Å². The van der Waals surface area contributed by atoms with E-state index in [2.05, 4.69) is 20.4 Å². The Morgan fingerprint density at radius 2 is 2.14 bits per heavy atom. The number of hydrogen-bond donors (Lipinski definition) is 1. The number of carbonyl (C=O) groups is 1. The maximum Gasteiger partial charge on any atom is 0.273 e. The first kappa shape index (κ1) is 18.7. The lowest BCUT2D eigenvalue weighted by atomic mass is 10.1. The van der Waals surface area contributed by atoms with Crippen LogP contribution in [0.2, 0.25) is 0 Å². The van der Waals surface area contributed by atoms with Crippen LogP contribution < -0.4 is 10.1 Å². The van der Waals surface area contributed by atoms with Gasteiger partial charge in [0.15, 0.2) is 12.3 Å². The molecule has 3 aromatic heterocycles. The van der Waals surface area contributed by atoms with E-state index in [1.807, 2.05) is 57.4 Å². The van der Waals surface area contributed by atoms with Crippen molar-refractivity contribution < 1.29 is 13.9 Å². The molecule has 1 atom stereocenters. The first-order valence-corrected chi connectivity index (χ1v) is 9.23. The third-order valence-electron chi connectivity index (χ3n) is 4.60. The SMILES string of the molecule is Cc1nn(C)cc1C(C)NC(=O)c1coc(COc2cccc3cccnc23)n1. The molecule has 1 N–H and O–H groups in total. The van der Waals surface area contributed by atoms with Crippen LogP contribution in [0.1, 0.15) is 40.6 Å². The van der Waals surface area contributed by atoms with Crippen LogP contribution in [0.4, 0.5) is 0 Å². The third-order valence-corrected chi connectivity index (χ3v) is 4.60. The molecule has 1 unspecified atom stereocenters. The van der Waals surface area contributed by atoms with Crippen LogP contribution in [0.15, 0.2) is 53.4 Å². The summed E-state index contributed by atoms with van der Waals surface area (Å²) in [5.74, 6) is 0.629. The molecule has 0 aliphatic carbocycles. The fourth-order valence-corrected chi connectivity index (χ4v) is 3.21. The molecule has 0 radical (unpaired) electrons. The number of aromatic nitrogens is 4. The van der Waals surface area contributed by atoms with Gasteiger partial charge < -0.3 is 14.5 Å². The van der Waals surface area contributed by atoms with Crippen molar-refractivity contribution in [3.63, 3.8) is 0 Å². The quantitative estimate of drug-likeness (QED) is 0.542. The average Bonchev–Trinajstić information content (AvgIpc) is 3.32. The van der Waals surface area contributed by atoms with Crippen molar-refractivity contribution in [1.82, 2.24) is 25.1 Å². The highest BCUT2D eigenvalue weighted by molar-refractivity contribution is 5.92. The van der Waals surface area contributed by atoms with Crippen LogP contribution in [0.3, 0.4) is 0 Å². The van der Waals surface area contributed by atoms with E-state index in [1.165, 1.54) is 6.26 Å². The molecule has 148 valence electrons. The zero-order valence-corrected chi connectivity index (χ0v) is 16.4. The van der Waals surface area contributed by atoms with E-state index in [4.69, 9.17) is 9.15 Å². The van der Waals surface area contributed by atoms with Gasteiger partial charge >= 0.3 is 0 Å². The molecule has 0 fully saturated rings. The van der Waals surface area contributed by atoms with Gasteiger partial charge in [-0.25, -0.2) is 4.98 Å². The molecular formula is C21H21N5O3. The van der Waals surface area contributed by atoms with E-state index in [0.717, 1.165) is 22.2 Å². The second-order valence-corrected chi connectivity index (χ2v) is 6.79. The van der Waals surface area contributed by atoms with Gasteiger partial charge in [-0.05, 0) is 26.0 Å². The van der Waals surface area contributed by atoms with Gasteiger partial charge in [0.2, 0.25) is 5.89 Å². The molecule has 1 aromatic carbocycles. The zero-order valence-electron chi connectivity index (χ0n) is 16.4. The van der Waals surface area contributed by atoms with Crippen molar-refractivity contribution in [2.75, 3.05) is 0 Å². The fraction of sp³-hybridized carbons (Fsp3) is 0.238. The van der Waals surface area contributed by atoms with Crippen molar-refractivity contribution in [3.05, 3.63) is 71.8 Å². The second kappa shape index (κ2) is 7.75. The smallest absolute Gasteiger partial charge is 0.273 e. The topological polar surface area (TPSA) is 95.1 Å². The number of oxazole rings is 1. The summed E-state index contributed by atoms with van der Waals surface area (Å²) in [5.41, 5.74) is 2.79. The summed E-state index contributed by atoms with van der Waals surface area (Å²) >= 11 is 0. The van der Waals surface area contributed by atoms with Crippen LogP contribution in [-0.4, -0.2) is 25.7 Å². The number of carbonyl (C=O) groups excluding carboxylic acids is 1. The third kappa shape index (κ3) is 3.96. The summed E-state index contributed by atoms with van der Waals surface area (Å²) in [6.45, 7) is 3.91. The lowest BCUT2D eigenvalue weighted by molar-refractivity contribution is 0.0934. The highest BCUT2D eigenvalue weighted by atomic mass is 16.5. The number of pyridine rings is 1. The Hall–Kier alpha value is -3.68. The number of nitrogens with zero attached hydrogens (tertiary/aromatic N) is 4. The Bertz CT molecular complexity index is 1160. The maximum absolute atomic E-state index is 12.5. The minimum Gasteiger partial charge on any atom is -0.482 e. The van der Waals surface area contributed by atoms with Crippen LogP contribution >= 0.6 is 0 Å². The number of hydrogen-bond acceptors (Lipinski definition) is 6. The molecule has 0 saturated carbocycles. The van der Waals surface area contributed by atoms with Crippen molar-refractivity contribution in [1.29, 1.82) is 0 Å². The van der Waals surface area contributed by atoms with E-state index >= 15 is 0 Å². The minimum atomic E-state index is -0.317. The molecule has 29 heavy (non-hydrogen) atoms. The number of nitrogens with one attached hydrogen (secondary N) is 1. The Labute approximate surface area is 167 Å². The van der Waals surface area contributed by atoms with Crippen molar-refractivity contribution in [2.45, 2.75) is 26.5 Å². The highest BCUT2D eigenvalue weighted by Crippen LogP contribution is 2.24. The van der Waals surface area contributed by atoms with Gasteiger partial charge in [0.05, 0.1) is 11.7 Å². The van der Waals surface area contributed by atoms with Gasteiger partial charge in [0, 0.05) is 30.4 Å². The monoisotopic (exact) mass is 391 g/mol. The van der Waals surface area contributed by atoms with Crippen molar-refractivity contribution >= 4 is 16.8 Å². The molecular weight excluding hydrogens is 370 g/mol. The molecule has 1 amide bonds. The lowest BCUT2D eigenvalue weighted by Crippen LogP contribution is -2.27. The summed E-state index contributed by atoms with van der Waals surface area (Å²) < 4.78 is 12.9. The number of ether oxygens (including phenoxy) is 1. The van der Waals surface area contributed by atoms with Gasteiger partial charge in [-0.1, -0.05) is 18.2 Å². The molecule has 3 heterocycles. The zero-order chi connectivity index (χ0) is 20.4. The van der Waals surface area contributed by atoms with Crippen molar-refractivity contribution in [2.24, 2.45) is 7.05 Å². The second-order valence-electron chi connectivity index (χ2n) is 6.79. The van der Waals surface area contributed by atoms with Gasteiger partial charge in [-0.3, -0.25) is 14.5 Å². The fourth-order valence-electron chi connectivity index (χ4n) is 3.21. The maximum atomic E-state index is 12.5. The van der Waals surface area contributed by atoms with Gasteiger partial charge in [-0.15, -0.1) is 0 Å². The number of para-hydroxylation sites is 1. The molecule has 0 saturated heterocycles. The minimum absolute atomic E-state index is 0.0975. The molecule has 0 aliphatic heterocycles. The van der Waals surface area contributed by atoms with Crippen LogP contribution in [0.5, 0.6) is 5.75 Å². The molecule has 0 bridgehead atoms. The Kier molecular flexibility index (Phi) is 4.99. The number of amides is 1. The van der Waals surface area contributed by atoms with Crippen LogP contribution in [0, 0.1) is 6.92 Å². The van der Waals surface area contributed by atoms with E-state index in [1.54, 1.807) is 10.9 Å². The van der Waals surface area contributed by atoms with E-state index in [9.17, 15) is 4.79 Å². The largest absolute Gasteiger partial charge is 0.482 e. The molecule has 8 heteroatoms. The number of rotatable bonds is 6. The summed E-state index contributed by atoms with van der Waals surface area (Å²) in [6.07, 6.45) is 4.94. The predicted octanol–water partition coefficient (Wildman–Crippen LogP) is 3.33. The summed E-state index contributed by atoms with van der Waals surface area (Å²) in [4.78, 5) is 21.1. The van der Waals surface area contributed by atoms with Crippen LogP contribution in [-0.2, 0) is 13.7 Å². The Morgan fingerprint density at radius 3 is 2.93 bits per heavy atom. The molecule has 0 spiro atoms. The van der Waals surface area contributed by atoms with Crippen molar-refractivity contribution in [3.8, 4) is 5.75 Å². The lowest BCUT2D eigenvalue weighted by Gasteiger charge is -2.11. The van der Waals surface area contributed by atoms with E-state index < -0.39 is 0 Å².